The molecule has 4 unspecified atom stereocenters. The van der Waals surface area contributed by atoms with Crippen LogP contribution in [0.4, 0.5) is 0 Å². The molecule has 2 aliphatic heterocycles. The van der Waals surface area contributed by atoms with E-state index in [1.165, 1.54) is 70.8 Å². The Bertz CT molecular complexity index is 2470. The van der Waals surface area contributed by atoms with Crippen LogP contribution in [0.3, 0.4) is 0 Å². The lowest BCUT2D eigenvalue weighted by Gasteiger charge is -2.41. The van der Waals surface area contributed by atoms with E-state index < -0.39 is 178 Å². The maximum Gasteiger partial charge on any atom is 0.336 e. The smallest absolute Gasteiger partial charge is 0.336 e. The number of carbonyl (C=O) groups is 11. The first-order chi connectivity index (χ1) is 40.2. The molecular formula is C63H112N11O13+. The number of aliphatic hydroxyl groups excluding tert-OH is 2. The average molecular weight is 1230 g/mol. The number of allylic oxidation sites excluding steroid dienone is 2. The molecule has 0 spiro atoms. The van der Waals surface area contributed by atoms with E-state index in [1.807, 2.05) is 41.5 Å². The van der Waals surface area contributed by atoms with Crippen molar-refractivity contribution in [3.63, 3.8) is 0 Å². The van der Waals surface area contributed by atoms with Crippen LogP contribution in [0.25, 0.3) is 0 Å². The maximum absolute atomic E-state index is 15.2. The van der Waals surface area contributed by atoms with Gasteiger partial charge in [-0.15, -0.1) is 0 Å². The van der Waals surface area contributed by atoms with E-state index in [9.17, 15) is 48.6 Å². The Morgan fingerprint density at radius 2 is 0.989 bits per heavy atom. The molecule has 0 aromatic heterocycles. The zero-order valence-electron chi connectivity index (χ0n) is 57.0. The van der Waals surface area contributed by atoms with E-state index in [2.05, 4.69) is 21.3 Å². The molecule has 11 amide bonds. The molecule has 2 rings (SSSR count). The van der Waals surface area contributed by atoms with Gasteiger partial charge >= 0.3 is 5.91 Å². The van der Waals surface area contributed by atoms with E-state index in [1.54, 1.807) is 81.5 Å². The Morgan fingerprint density at radius 1 is 0.517 bits per heavy atom. The van der Waals surface area contributed by atoms with Crippen molar-refractivity contribution in [2.45, 2.75) is 228 Å². The number of quaternary nitrogens is 1. The first-order valence-corrected chi connectivity index (χ1v) is 31.3. The monoisotopic (exact) mass is 1230 g/mol. The average Bonchev–Trinajstić information content (AvgIpc) is 1.54. The third kappa shape index (κ3) is 18.1. The Balaban J connectivity index is 3.03. The number of nitrogens with zero attached hydrogens (tertiary/aromatic N) is 7. The van der Waals surface area contributed by atoms with Crippen molar-refractivity contribution in [2.75, 3.05) is 55.9 Å². The highest BCUT2D eigenvalue weighted by Gasteiger charge is 2.74. The number of hydrogen-bond acceptors (Lipinski definition) is 13. The molecule has 2 heterocycles. The molecule has 2 aliphatic rings. The van der Waals surface area contributed by atoms with Crippen LogP contribution in [0.2, 0.25) is 0 Å². The number of rotatable bonds is 15. The van der Waals surface area contributed by atoms with Gasteiger partial charge in [0.05, 0.1) is 19.8 Å². The summed E-state index contributed by atoms with van der Waals surface area (Å²) in [6, 6.07) is -14.7. The van der Waals surface area contributed by atoms with Crippen molar-refractivity contribution in [1.29, 1.82) is 0 Å². The summed E-state index contributed by atoms with van der Waals surface area (Å²) in [5, 5.41) is 34.0. The van der Waals surface area contributed by atoms with Gasteiger partial charge in [-0.05, 0) is 82.0 Å². The number of hydrogen-bond donors (Lipinski definition) is 6. The summed E-state index contributed by atoms with van der Waals surface area (Å²) in [5.41, 5.74) is 0. The topological polar surface area (TPSA) is 296 Å². The third-order valence-corrected chi connectivity index (χ3v) is 18.0. The molecule has 496 valence electrons. The Kier molecular flexibility index (Phi) is 29.2. The molecule has 0 bridgehead atoms. The molecule has 24 heteroatoms. The van der Waals surface area contributed by atoms with Crippen molar-refractivity contribution >= 4 is 65.0 Å². The van der Waals surface area contributed by atoms with Crippen molar-refractivity contribution < 1.29 is 67.4 Å². The predicted molar refractivity (Wildman–Crippen MR) is 332 cm³/mol. The van der Waals surface area contributed by atoms with E-state index >= 15 is 14.4 Å². The number of carbonyl (C=O) groups excluding carboxylic acids is 11. The summed E-state index contributed by atoms with van der Waals surface area (Å²) >= 11 is 0. The normalized spacial score (nSPS) is 30.6. The van der Waals surface area contributed by atoms with Gasteiger partial charge in [-0.2, -0.15) is 0 Å². The summed E-state index contributed by atoms with van der Waals surface area (Å²) < 4.78 is -0.415. The SMILES string of the molecule is C/C=C/C[C@@H](C)[C@@H](O)[C@H]1C(=O)N[C@@H](CC)C(=O)N(C)C(CO)C(=O)N(C)[C@@H](C(C)CC)C(=O)N[C@@H](C(C)C)C(=O)N(C)[C@@H](CC(C)C)C(=O)N[C@@H](C)C(=O)N[C@H](C)C(=O)[N+]2(C)C(C(C)C)[C@@H]2C(=O)N(C)[C@@H](CC(C)C)C(=O)N(C)[C@@H](C(C)C)C(=O)N1C. The predicted octanol–water partition coefficient (Wildman–Crippen LogP) is 2.14. The highest BCUT2D eigenvalue weighted by atomic mass is 16.3. The van der Waals surface area contributed by atoms with Crippen LogP contribution in [0.5, 0.6) is 0 Å². The van der Waals surface area contributed by atoms with Gasteiger partial charge in [0.2, 0.25) is 59.2 Å². The van der Waals surface area contributed by atoms with Crippen molar-refractivity contribution in [1.82, 2.24) is 50.7 Å². The van der Waals surface area contributed by atoms with Crippen LogP contribution < -0.4 is 21.3 Å². The third-order valence-electron chi connectivity index (χ3n) is 18.0. The summed E-state index contributed by atoms with van der Waals surface area (Å²) in [4.78, 5) is 169. The molecule has 0 aliphatic carbocycles. The zero-order valence-corrected chi connectivity index (χ0v) is 57.0. The van der Waals surface area contributed by atoms with Gasteiger partial charge in [0.15, 0.2) is 6.04 Å². The van der Waals surface area contributed by atoms with Crippen LogP contribution in [0.15, 0.2) is 12.2 Å². The molecule has 0 aromatic rings. The van der Waals surface area contributed by atoms with E-state index in [4.69, 9.17) is 0 Å². The van der Waals surface area contributed by atoms with Crippen LogP contribution in [0.1, 0.15) is 150 Å². The van der Waals surface area contributed by atoms with Gasteiger partial charge in [0.1, 0.15) is 60.4 Å². The second-order valence-corrected chi connectivity index (χ2v) is 26.7. The lowest BCUT2D eigenvalue weighted by atomic mass is 9.91. The minimum atomic E-state index is -1.66. The van der Waals surface area contributed by atoms with Gasteiger partial charge < -0.3 is 60.9 Å². The fourth-order valence-electron chi connectivity index (χ4n) is 12.3. The Morgan fingerprint density at radius 3 is 1.46 bits per heavy atom. The van der Waals surface area contributed by atoms with Gasteiger partial charge in [-0.1, -0.05) is 116 Å². The summed E-state index contributed by atoms with van der Waals surface area (Å²) in [5.74, 6) is -10.7. The molecule has 87 heavy (non-hydrogen) atoms. The fraction of sp³-hybridized carbons (Fsp3) is 0.794. The number of fused-ring (bicyclic) bond motifs is 1. The van der Waals surface area contributed by atoms with Crippen LogP contribution in [0, 0.1) is 41.4 Å². The van der Waals surface area contributed by atoms with Crippen molar-refractivity contribution in [3.8, 4) is 0 Å². The first-order valence-electron chi connectivity index (χ1n) is 31.3. The van der Waals surface area contributed by atoms with E-state index in [-0.39, 0.29) is 43.4 Å². The van der Waals surface area contributed by atoms with E-state index in [0.717, 1.165) is 14.7 Å². The lowest BCUT2D eigenvalue weighted by Crippen LogP contribution is -2.64. The van der Waals surface area contributed by atoms with Gasteiger partial charge in [0, 0.05) is 48.2 Å². The molecular weight excluding hydrogens is 1120 g/mol. The quantitative estimate of drug-likeness (QED) is 0.0780. The lowest BCUT2D eigenvalue weighted by molar-refractivity contribution is -0.723. The Labute approximate surface area is 519 Å². The summed E-state index contributed by atoms with van der Waals surface area (Å²) in [6.45, 7) is 28.6. The molecule has 2 fully saturated rings. The van der Waals surface area contributed by atoms with Crippen molar-refractivity contribution in [2.24, 2.45) is 41.4 Å². The second kappa shape index (κ2) is 33.0. The molecule has 6 N–H and O–H groups in total. The number of aliphatic hydroxyl groups is 2. The second-order valence-electron chi connectivity index (χ2n) is 26.7. The summed E-state index contributed by atoms with van der Waals surface area (Å²) in [6.07, 6.45) is 2.89. The highest BCUT2D eigenvalue weighted by molar-refractivity contribution is 6.00. The highest BCUT2D eigenvalue weighted by Crippen LogP contribution is 2.45. The largest absolute Gasteiger partial charge is 0.394 e. The number of likely N-dealkylation sites (N-methyl/N-ethyl adjacent to an activating group) is 7. The molecule has 0 saturated carbocycles. The minimum Gasteiger partial charge on any atom is -0.394 e. The zero-order chi connectivity index (χ0) is 67.3. The molecule has 24 nitrogen and oxygen atoms in total. The number of amides is 11. The van der Waals surface area contributed by atoms with Crippen molar-refractivity contribution in [3.05, 3.63) is 12.2 Å². The first kappa shape index (κ1) is 77.1. The molecule has 2 saturated heterocycles. The standard InChI is InChI=1S/C63H111N11O13/c1-25-28-29-39(15)52(76)49-56(80)66-42(27-3)57(81)70(20)45(32-75)59(83)72(22)48(38(14)26-2)55(79)67-46(35(8)9)60(84)68(18)43(30-33(4)5)54(78)64-40(16)53(77)65-41(17)63(87)74(24)50(37(12)13)51(74)62(86)69(19)44(31-34(6)7)58(82)71(21)47(36(10)11)61(85)73(49)23/h25,28,33-52,75-76H,26-27,29-32H2,1-24H3,(H3-,64,65,66,67,77,78,79,80)/p+1/b28-25+/t38?,39-,40+,41-,42+,43+,44+,45?,46+,47+,48+,49+,50?,51-,52-,74?/m1/s1. The van der Waals surface area contributed by atoms with Gasteiger partial charge in [-0.3, -0.25) is 47.9 Å². The Hall–Kier alpha value is -6.01. The minimum absolute atomic E-state index is 0.0598. The van der Waals surface area contributed by atoms with Crippen LogP contribution in [-0.4, -0.2) is 244 Å². The number of nitrogens with one attached hydrogen (secondary N) is 4. The summed E-state index contributed by atoms with van der Waals surface area (Å²) in [7, 11) is 9.88. The molecule has 0 radical (unpaired) electrons. The fourth-order valence-corrected chi connectivity index (χ4v) is 12.3. The van der Waals surface area contributed by atoms with Crippen LogP contribution in [-0.2, 0) is 52.7 Å². The molecule has 0 aromatic carbocycles. The van der Waals surface area contributed by atoms with Crippen LogP contribution >= 0.6 is 0 Å². The molecule has 16 atom stereocenters. The maximum atomic E-state index is 15.2. The van der Waals surface area contributed by atoms with E-state index in [0.29, 0.717) is 6.42 Å². The van der Waals surface area contributed by atoms with Gasteiger partial charge in [0.25, 0.3) is 5.91 Å². The van der Waals surface area contributed by atoms with Gasteiger partial charge in [-0.25, -0.2) is 9.28 Å².